The van der Waals surface area contributed by atoms with Crippen molar-refractivity contribution in [2.45, 2.75) is 32.7 Å². The Kier molecular flexibility index (Phi) is 12.2. The van der Waals surface area contributed by atoms with Gasteiger partial charge in [0.1, 0.15) is 13.2 Å². The van der Waals surface area contributed by atoms with Gasteiger partial charge in [-0.3, -0.25) is 15.5 Å². The Morgan fingerprint density at radius 2 is 1.92 bits per heavy atom. The van der Waals surface area contributed by atoms with Crippen LogP contribution in [0.2, 0.25) is 0 Å². The molecule has 0 saturated heterocycles. The lowest BCUT2D eigenvalue weighted by molar-refractivity contribution is -0.384. The van der Waals surface area contributed by atoms with E-state index in [0.29, 0.717) is 56.5 Å². The summed E-state index contributed by atoms with van der Waals surface area (Å²) in [6, 6.07) is 13.2. The molecule has 0 radical (unpaired) electrons. The van der Waals surface area contributed by atoms with Crippen LogP contribution in [-0.4, -0.2) is 61.9 Å². The molecule has 48 heavy (non-hydrogen) atoms. The molecule has 0 saturated carbocycles. The molecule has 254 valence electrons. The van der Waals surface area contributed by atoms with Crippen molar-refractivity contribution in [3.05, 3.63) is 97.1 Å². The summed E-state index contributed by atoms with van der Waals surface area (Å²) in [6.45, 7) is 3.58. The number of halogens is 1. The molecule has 3 aromatic rings. The van der Waals surface area contributed by atoms with Gasteiger partial charge in [-0.25, -0.2) is 9.59 Å². The van der Waals surface area contributed by atoms with Crippen molar-refractivity contribution in [1.29, 1.82) is 0 Å². The average Bonchev–Trinajstić information content (AvgIpc) is 3.06. The highest BCUT2D eigenvalue weighted by atomic mass is 79.9. The summed E-state index contributed by atoms with van der Waals surface area (Å²) in [7, 11) is 2.74. The van der Waals surface area contributed by atoms with Crippen molar-refractivity contribution in [3.63, 3.8) is 0 Å². The highest BCUT2D eigenvalue weighted by Crippen LogP contribution is 2.37. The average molecular weight is 729 g/mol. The second kappa shape index (κ2) is 16.5. The smallest absolute Gasteiger partial charge is 0.337 e. The fourth-order valence-corrected chi connectivity index (χ4v) is 5.26. The molecular weight excluding hydrogens is 694 g/mol. The van der Waals surface area contributed by atoms with Crippen LogP contribution < -0.4 is 35.0 Å². The van der Waals surface area contributed by atoms with E-state index < -0.39 is 29.2 Å². The van der Waals surface area contributed by atoms with Crippen molar-refractivity contribution < 1.29 is 43.3 Å². The Bertz CT molecular complexity index is 1730. The van der Waals surface area contributed by atoms with Crippen molar-refractivity contribution in [2.24, 2.45) is 5.10 Å². The van der Waals surface area contributed by atoms with Gasteiger partial charge in [-0.1, -0.05) is 18.2 Å². The minimum Gasteiger partial charge on any atom is -0.493 e. The van der Waals surface area contributed by atoms with Crippen LogP contribution in [-0.2, 0) is 16.1 Å². The van der Waals surface area contributed by atoms with Crippen molar-refractivity contribution in [2.75, 3.05) is 27.4 Å². The van der Waals surface area contributed by atoms with Crippen LogP contribution in [0.1, 0.15) is 36.6 Å². The van der Waals surface area contributed by atoms with Crippen LogP contribution in [0.25, 0.3) is 0 Å². The summed E-state index contributed by atoms with van der Waals surface area (Å²) in [5.41, 5.74) is 4.96. The van der Waals surface area contributed by atoms with Crippen LogP contribution in [0.3, 0.4) is 0 Å². The van der Waals surface area contributed by atoms with Gasteiger partial charge >= 0.3 is 12.0 Å². The summed E-state index contributed by atoms with van der Waals surface area (Å²) in [4.78, 5) is 35.2. The number of ether oxygens (including phenoxy) is 5. The molecule has 2 amide bonds. The molecule has 4 N–H and O–H groups in total. The summed E-state index contributed by atoms with van der Waals surface area (Å²) >= 11 is 3.47. The molecule has 0 unspecified atom stereocenters. The number of methoxy groups -OCH3 is 2. The highest BCUT2D eigenvalue weighted by molar-refractivity contribution is 9.10. The Morgan fingerprint density at radius 1 is 1.12 bits per heavy atom. The van der Waals surface area contributed by atoms with Gasteiger partial charge in [0.15, 0.2) is 29.2 Å². The van der Waals surface area contributed by atoms with Crippen LogP contribution in [0, 0.1) is 10.1 Å². The number of nitro benzene ring substituents is 1. The minimum absolute atomic E-state index is 0.0337. The molecular formula is C32H34BrN5O10. The first-order valence-electron chi connectivity index (χ1n) is 14.5. The molecule has 0 aliphatic carbocycles. The van der Waals surface area contributed by atoms with Gasteiger partial charge in [-0.2, -0.15) is 5.10 Å². The molecule has 0 spiro atoms. The Morgan fingerprint density at radius 3 is 2.62 bits per heavy atom. The standard InChI is InChI=1S/C32H34BrN5O10/c1-5-46-25-14-21(29-28(31(40)45-4)18(2)35-32(41)36-29)9-10-24(25)47-17-27(39)37-34-15-20-12-23(33)30(26(13-20)44-3)48-16-19-7-6-8-22(11-19)38(42)43/h6-15,27,29,37,39H,5,16-17H2,1-4H3,(H2,35,36,41)/b34-15-/t27-,29+/m1/s1. The minimum atomic E-state index is -1.21. The van der Waals surface area contributed by atoms with Gasteiger partial charge in [0.05, 0.1) is 48.1 Å². The van der Waals surface area contributed by atoms with E-state index in [4.69, 9.17) is 23.7 Å². The molecule has 15 nitrogen and oxygen atoms in total. The second-order valence-electron chi connectivity index (χ2n) is 10.2. The summed E-state index contributed by atoms with van der Waals surface area (Å²) < 4.78 is 28.4. The van der Waals surface area contributed by atoms with Crippen molar-refractivity contribution in [3.8, 4) is 23.0 Å². The van der Waals surface area contributed by atoms with Crippen LogP contribution in [0.4, 0.5) is 10.5 Å². The predicted molar refractivity (Wildman–Crippen MR) is 177 cm³/mol. The number of aliphatic hydroxyl groups excluding tert-OH is 1. The van der Waals surface area contributed by atoms with E-state index >= 15 is 0 Å². The van der Waals surface area contributed by atoms with Gasteiger partial charge < -0.3 is 39.4 Å². The number of hydrogen-bond donors (Lipinski definition) is 4. The maximum atomic E-state index is 12.5. The molecule has 2 atom stereocenters. The topological polar surface area (TPSA) is 192 Å². The summed E-state index contributed by atoms with van der Waals surface area (Å²) in [5, 5.41) is 30.9. The van der Waals surface area contributed by atoms with Crippen molar-refractivity contribution >= 4 is 39.8 Å². The van der Waals surface area contributed by atoms with Gasteiger partial charge in [0.25, 0.3) is 5.69 Å². The molecule has 1 aliphatic heterocycles. The molecule has 0 aromatic heterocycles. The van der Waals surface area contributed by atoms with Crippen LogP contribution >= 0.6 is 15.9 Å². The normalized spacial score (nSPS) is 14.9. The third-order valence-electron chi connectivity index (χ3n) is 6.87. The molecule has 0 bridgehead atoms. The van der Waals surface area contributed by atoms with E-state index in [1.54, 1.807) is 56.3 Å². The number of amides is 2. The number of benzene rings is 3. The molecule has 0 fully saturated rings. The number of esters is 1. The zero-order valence-corrected chi connectivity index (χ0v) is 28.0. The van der Waals surface area contributed by atoms with E-state index in [-0.39, 0.29) is 24.5 Å². The summed E-state index contributed by atoms with van der Waals surface area (Å²) in [5.74, 6) is 0.853. The third kappa shape index (κ3) is 8.92. The number of allylic oxidation sites excluding steroid dienone is 1. The maximum absolute atomic E-state index is 12.5. The SMILES string of the molecule is CCOc1cc([C@@H]2NC(=O)NC(C)=C2C(=O)OC)ccc1OC[C@@H](O)N/N=C\c1cc(Br)c(OCc2cccc([N+](=O)[O-])c2)c(OC)c1. The Balaban J connectivity index is 1.39. The summed E-state index contributed by atoms with van der Waals surface area (Å²) in [6.07, 6.45) is 0.252. The van der Waals surface area contributed by atoms with E-state index in [9.17, 15) is 24.8 Å². The monoisotopic (exact) mass is 727 g/mol. The first-order chi connectivity index (χ1) is 23.0. The van der Waals surface area contributed by atoms with Gasteiger partial charge in [-0.05, 0) is 70.7 Å². The number of carbonyl (C=O) groups excluding carboxylic acids is 2. The molecule has 3 aromatic carbocycles. The number of carbonyl (C=O) groups is 2. The fourth-order valence-electron chi connectivity index (χ4n) is 4.69. The Hall–Kier alpha value is -5.35. The van der Waals surface area contributed by atoms with E-state index in [1.807, 2.05) is 0 Å². The highest BCUT2D eigenvalue weighted by Gasteiger charge is 2.32. The first-order valence-corrected chi connectivity index (χ1v) is 15.3. The van der Waals surface area contributed by atoms with Gasteiger partial charge in [0.2, 0.25) is 0 Å². The number of aliphatic hydroxyl groups is 1. The number of hydrazone groups is 1. The molecule has 16 heteroatoms. The second-order valence-corrected chi connectivity index (χ2v) is 11.0. The lowest BCUT2D eigenvalue weighted by atomic mass is 9.95. The largest absolute Gasteiger partial charge is 0.493 e. The van der Waals surface area contributed by atoms with E-state index in [2.05, 4.69) is 37.1 Å². The van der Waals surface area contributed by atoms with E-state index in [1.165, 1.54) is 32.6 Å². The maximum Gasteiger partial charge on any atom is 0.337 e. The number of nitrogens with one attached hydrogen (secondary N) is 3. The van der Waals surface area contributed by atoms with Gasteiger partial charge in [-0.15, -0.1) is 0 Å². The van der Waals surface area contributed by atoms with Crippen LogP contribution in [0.5, 0.6) is 23.0 Å². The quantitative estimate of drug-likeness (QED) is 0.0568. The zero-order chi connectivity index (χ0) is 34.8. The number of urea groups is 1. The number of rotatable bonds is 15. The van der Waals surface area contributed by atoms with E-state index in [0.717, 1.165) is 0 Å². The Labute approximate surface area is 284 Å². The van der Waals surface area contributed by atoms with Crippen LogP contribution in [0.15, 0.2) is 75.4 Å². The van der Waals surface area contributed by atoms with Gasteiger partial charge in [0, 0.05) is 17.8 Å². The fraction of sp³-hybridized carbons (Fsp3) is 0.281. The third-order valence-corrected chi connectivity index (χ3v) is 7.45. The number of hydrogen-bond acceptors (Lipinski definition) is 12. The molecule has 1 aliphatic rings. The lowest BCUT2D eigenvalue weighted by Gasteiger charge is -2.28. The first kappa shape index (κ1) is 35.5. The number of nitrogens with zero attached hydrogens (tertiary/aromatic N) is 2. The number of nitro groups is 1. The van der Waals surface area contributed by atoms with Crippen molar-refractivity contribution in [1.82, 2.24) is 16.1 Å². The lowest BCUT2D eigenvalue weighted by Crippen LogP contribution is -2.45. The molecule has 1 heterocycles. The molecule has 4 rings (SSSR count). The zero-order valence-electron chi connectivity index (χ0n) is 26.4. The number of non-ortho nitro benzene ring substituents is 1. The predicted octanol–water partition coefficient (Wildman–Crippen LogP) is 4.47.